The number of aliphatic hydroxyl groups is 1. The van der Waals surface area contributed by atoms with Gasteiger partial charge in [-0.2, -0.15) is 18.4 Å². The first-order valence-corrected chi connectivity index (χ1v) is 14.1. The zero-order valence-corrected chi connectivity index (χ0v) is 23.6. The zero-order valence-electron chi connectivity index (χ0n) is 21.2. The summed E-state index contributed by atoms with van der Waals surface area (Å²) in [6, 6.07) is 16.1. The molecular formula is C28H23ClF3N3O3S2. The van der Waals surface area contributed by atoms with Gasteiger partial charge >= 0.3 is 6.18 Å². The number of amides is 1. The molecule has 1 aliphatic rings. The first-order valence-electron chi connectivity index (χ1n) is 11.9. The van der Waals surface area contributed by atoms with Crippen molar-refractivity contribution >= 4 is 52.1 Å². The number of carbonyl (C=O) groups is 2. The number of Topliss-reactive ketones (excluding diaryl/α,β-unsaturated/α-hetero) is 1. The number of hydrogen-bond donors (Lipinski definition) is 3. The number of allylic oxidation sites excluding steroid dienone is 1. The van der Waals surface area contributed by atoms with Gasteiger partial charge in [0.05, 0.1) is 33.2 Å². The van der Waals surface area contributed by atoms with E-state index in [1.807, 2.05) is 24.4 Å². The SMILES string of the molecule is Cc1ccc(NC(=O)CSC2=C(C#N)[C@H](c3ccccc3Cl)[C@H](C(=O)c3cccs3)[C@@](O)(C(F)(F)F)N2)c(C)c1. The number of anilines is 1. The van der Waals surface area contributed by atoms with Crippen molar-refractivity contribution in [3.05, 3.63) is 97.2 Å². The number of nitriles is 1. The number of hydrogen-bond acceptors (Lipinski definition) is 7. The minimum Gasteiger partial charge on any atom is -0.363 e. The molecule has 2 heterocycles. The fourth-order valence-electron chi connectivity index (χ4n) is 4.60. The fraction of sp³-hybridized carbons (Fsp3) is 0.250. The maximum Gasteiger partial charge on any atom is 0.437 e. The van der Waals surface area contributed by atoms with E-state index in [0.29, 0.717) is 17.4 Å². The van der Waals surface area contributed by atoms with Crippen LogP contribution in [0.2, 0.25) is 5.02 Å². The fourth-order valence-corrected chi connectivity index (χ4v) is 6.46. The van der Waals surface area contributed by atoms with E-state index in [-0.39, 0.29) is 31.8 Å². The number of aryl methyl sites for hydroxylation is 2. The van der Waals surface area contributed by atoms with Crippen molar-refractivity contribution in [2.75, 3.05) is 11.1 Å². The molecule has 6 nitrogen and oxygen atoms in total. The van der Waals surface area contributed by atoms with E-state index in [2.05, 4.69) is 5.32 Å². The van der Waals surface area contributed by atoms with Crippen molar-refractivity contribution in [1.29, 1.82) is 5.26 Å². The third-order valence-corrected chi connectivity index (χ3v) is 8.73. The molecule has 12 heteroatoms. The van der Waals surface area contributed by atoms with E-state index in [0.717, 1.165) is 22.5 Å². The van der Waals surface area contributed by atoms with E-state index in [9.17, 15) is 33.1 Å². The van der Waals surface area contributed by atoms with Crippen LogP contribution in [0.1, 0.15) is 32.3 Å². The third-order valence-electron chi connectivity index (χ3n) is 6.49. The van der Waals surface area contributed by atoms with Gasteiger partial charge in [0.1, 0.15) is 0 Å². The summed E-state index contributed by atoms with van der Waals surface area (Å²) in [7, 11) is 0. The quantitative estimate of drug-likeness (QED) is 0.264. The number of halogens is 4. The van der Waals surface area contributed by atoms with Crippen LogP contribution in [0.15, 0.2) is 70.6 Å². The van der Waals surface area contributed by atoms with Crippen molar-refractivity contribution in [3.8, 4) is 6.07 Å². The van der Waals surface area contributed by atoms with Crippen LogP contribution in [0.5, 0.6) is 0 Å². The minimum absolute atomic E-state index is 0.0206. The second-order valence-electron chi connectivity index (χ2n) is 9.22. The number of carbonyl (C=O) groups excluding carboxylic acids is 2. The lowest BCUT2D eigenvalue weighted by Gasteiger charge is -2.45. The average molecular weight is 606 g/mol. The summed E-state index contributed by atoms with van der Waals surface area (Å²) in [5, 5.41) is 27.3. The summed E-state index contributed by atoms with van der Waals surface area (Å²) in [4.78, 5) is 26.3. The van der Waals surface area contributed by atoms with E-state index < -0.39 is 35.4 Å². The smallest absolute Gasteiger partial charge is 0.363 e. The summed E-state index contributed by atoms with van der Waals surface area (Å²) in [5.74, 6) is -5.67. The number of nitrogens with zero attached hydrogens (tertiary/aromatic N) is 1. The Bertz CT molecular complexity index is 1520. The Kier molecular flexibility index (Phi) is 8.66. The highest BCUT2D eigenvalue weighted by Crippen LogP contribution is 2.52. The van der Waals surface area contributed by atoms with Gasteiger partial charge in [0.25, 0.3) is 0 Å². The van der Waals surface area contributed by atoms with Gasteiger partial charge in [-0.25, -0.2) is 0 Å². The van der Waals surface area contributed by atoms with Crippen LogP contribution in [0.25, 0.3) is 0 Å². The van der Waals surface area contributed by atoms with Crippen LogP contribution in [0.4, 0.5) is 18.9 Å². The summed E-state index contributed by atoms with van der Waals surface area (Å²) >= 11 is 7.92. The van der Waals surface area contributed by atoms with E-state index in [1.165, 1.54) is 35.7 Å². The van der Waals surface area contributed by atoms with Crippen LogP contribution >= 0.6 is 34.7 Å². The number of nitrogens with one attached hydrogen (secondary N) is 2. The Hall–Kier alpha value is -3.30. The lowest BCUT2D eigenvalue weighted by atomic mass is 9.70. The summed E-state index contributed by atoms with van der Waals surface area (Å²) in [6.07, 6.45) is -5.35. The molecule has 208 valence electrons. The highest BCUT2D eigenvalue weighted by molar-refractivity contribution is 8.03. The van der Waals surface area contributed by atoms with Crippen molar-refractivity contribution < 1.29 is 27.9 Å². The lowest BCUT2D eigenvalue weighted by Crippen LogP contribution is -2.66. The van der Waals surface area contributed by atoms with Crippen LogP contribution in [0.3, 0.4) is 0 Å². The molecule has 3 atom stereocenters. The molecule has 1 amide bonds. The van der Waals surface area contributed by atoms with Gasteiger partial charge in [-0.15, -0.1) is 11.3 Å². The first kappa shape index (κ1) is 29.7. The van der Waals surface area contributed by atoms with E-state index >= 15 is 0 Å². The molecule has 3 aromatic rings. The Labute approximate surface area is 241 Å². The monoisotopic (exact) mass is 605 g/mol. The van der Waals surface area contributed by atoms with Crippen LogP contribution in [-0.2, 0) is 4.79 Å². The third kappa shape index (κ3) is 5.76. The molecule has 0 spiro atoms. The van der Waals surface area contributed by atoms with Crippen molar-refractivity contribution in [3.63, 3.8) is 0 Å². The Morgan fingerprint density at radius 2 is 1.93 bits per heavy atom. The number of benzene rings is 2. The predicted octanol–water partition coefficient (Wildman–Crippen LogP) is 6.56. The van der Waals surface area contributed by atoms with Crippen LogP contribution in [-0.4, -0.2) is 34.5 Å². The number of alkyl halides is 3. The second-order valence-corrected chi connectivity index (χ2v) is 11.6. The maximum atomic E-state index is 14.6. The van der Waals surface area contributed by atoms with Crippen LogP contribution < -0.4 is 10.6 Å². The maximum absolute atomic E-state index is 14.6. The number of ketones is 1. The van der Waals surface area contributed by atoms with Gasteiger partial charge in [0.15, 0.2) is 5.78 Å². The molecule has 0 fully saturated rings. The highest BCUT2D eigenvalue weighted by Gasteiger charge is 2.66. The number of thiophene rings is 1. The second kappa shape index (κ2) is 11.7. The minimum atomic E-state index is -5.35. The zero-order chi connectivity index (χ0) is 29.2. The molecule has 3 N–H and O–H groups in total. The lowest BCUT2D eigenvalue weighted by molar-refractivity contribution is -0.285. The van der Waals surface area contributed by atoms with Gasteiger partial charge in [-0.05, 0) is 48.6 Å². The molecule has 0 saturated carbocycles. The molecule has 0 bridgehead atoms. The Morgan fingerprint density at radius 1 is 1.20 bits per heavy atom. The van der Waals surface area contributed by atoms with E-state index in [1.54, 1.807) is 25.1 Å². The summed E-state index contributed by atoms with van der Waals surface area (Å²) in [6.45, 7) is 3.70. The molecule has 2 aromatic carbocycles. The van der Waals surface area contributed by atoms with Crippen molar-refractivity contribution in [2.24, 2.45) is 5.92 Å². The predicted molar refractivity (Wildman–Crippen MR) is 150 cm³/mol. The van der Waals surface area contributed by atoms with Gasteiger partial charge < -0.3 is 15.7 Å². The molecule has 1 aliphatic heterocycles. The Morgan fingerprint density at radius 3 is 2.52 bits per heavy atom. The van der Waals surface area contributed by atoms with Gasteiger partial charge in [-0.3, -0.25) is 9.59 Å². The molecule has 4 rings (SSSR count). The first-order chi connectivity index (χ1) is 18.9. The molecular weight excluding hydrogens is 583 g/mol. The average Bonchev–Trinajstić information content (AvgIpc) is 3.43. The van der Waals surface area contributed by atoms with Gasteiger partial charge in [0.2, 0.25) is 11.6 Å². The van der Waals surface area contributed by atoms with E-state index in [4.69, 9.17) is 11.6 Å². The van der Waals surface area contributed by atoms with Crippen LogP contribution in [0, 0.1) is 31.1 Å². The number of rotatable bonds is 7. The topological polar surface area (TPSA) is 102 Å². The molecule has 0 radical (unpaired) electrons. The van der Waals surface area contributed by atoms with Crippen molar-refractivity contribution in [2.45, 2.75) is 31.7 Å². The summed E-state index contributed by atoms with van der Waals surface area (Å²) in [5.41, 5.74) is -1.64. The molecule has 0 saturated heterocycles. The summed E-state index contributed by atoms with van der Waals surface area (Å²) < 4.78 is 43.9. The molecule has 40 heavy (non-hydrogen) atoms. The largest absolute Gasteiger partial charge is 0.437 e. The molecule has 1 aromatic heterocycles. The Balaban J connectivity index is 1.79. The molecule has 0 aliphatic carbocycles. The number of thioether (sulfide) groups is 1. The standard InChI is InChI=1S/C28H23ClF3N3O3S2/c1-15-9-10-20(16(2)12-15)34-22(36)14-40-26-18(13-33)23(17-6-3-4-7-19(17)29)24(25(37)21-8-5-11-39-21)27(38,35-26)28(30,31)32/h3-12,23-24,35,38H,14H2,1-2H3,(H,34,36)/t23-,24+,27+/m0/s1. The van der Waals surface area contributed by atoms with Gasteiger partial charge in [0, 0.05) is 16.6 Å². The normalized spacial score (nSPS) is 20.9. The molecule has 0 unspecified atom stereocenters. The van der Waals surface area contributed by atoms with Gasteiger partial charge in [-0.1, -0.05) is 65.3 Å². The highest BCUT2D eigenvalue weighted by atomic mass is 35.5. The van der Waals surface area contributed by atoms with Crippen molar-refractivity contribution in [1.82, 2.24) is 5.32 Å².